The van der Waals surface area contributed by atoms with Crippen molar-refractivity contribution in [3.63, 3.8) is 0 Å². The highest BCUT2D eigenvalue weighted by Gasteiger charge is 2.15. The first-order valence-electron chi connectivity index (χ1n) is 9.80. The summed E-state index contributed by atoms with van der Waals surface area (Å²) in [5.41, 5.74) is 4.19. The van der Waals surface area contributed by atoms with E-state index in [1.165, 1.54) is 0 Å². The third-order valence-electron chi connectivity index (χ3n) is 4.66. The number of hydrogen-bond donors (Lipinski definition) is 1. The third kappa shape index (κ3) is 5.91. The second-order valence-electron chi connectivity index (χ2n) is 6.25. The molecule has 1 N–H and O–H groups in total. The average molecular weight is 388 g/mol. The van der Waals surface area contributed by atoms with Gasteiger partial charge in [0.15, 0.2) is 0 Å². The third-order valence-corrected chi connectivity index (χ3v) is 4.66. The summed E-state index contributed by atoms with van der Waals surface area (Å²) < 4.78 is 7.67. The molecule has 3 heterocycles. The van der Waals surface area contributed by atoms with Crippen molar-refractivity contribution in [1.82, 2.24) is 19.8 Å². The van der Waals surface area contributed by atoms with Gasteiger partial charge in [0.05, 0.1) is 18.9 Å². The molecule has 1 aliphatic rings. The summed E-state index contributed by atoms with van der Waals surface area (Å²) in [6.45, 7) is 11.6. The topological polar surface area (TPSA) is 54.7 Å². The second-order valence-corrected chi connectivity index (χ2v) is 6.25. The van der Waals surface area contributed by atoms with Crippen molar-refractivity contribution < 1.29 is 4.74 Å². The van der Waals surface area contributed by atoms with Crippen molar-refractivity contribution in [3.05, 3.63) is 41.9 Å². The van der Waals surface area contributed by atoms with Crippen molar-refractivity contribution in [2.45, 2.75) is 34.7 Å². The fourth-order valence-electron chi connectivity index (χ4n) is 3.11. The first-order chi connectivity index (χ1) is 13.2. The van der Waals surface area contributed by atoms with Crippen LogP contribution in [-0.4, -0.2) is 67.1 Å². The number of nitrogens with one attached hydrogen (secondary N) is 1. The number of morpholine rings is 1. The highest BCUT2D eigenvalue weighted by Crippen LogP contribution is 2.21. The van der Waals surface area contributed by atoms with Crippen LogP contribution in [0.25, 0.3) is 11.0 Å². The molecule has 1 fully saturated rings. The maximum atomic E-state index is 5.43. The first-order valence-corrected chi connectivity index (χ1v) is 9.80. The van der Waals surface area contributed by atoms with Crippen molar-refractivity contribution in [2.24, 2.45) is 4.99 Å². The molecule has 0 saturated carbocycles. The van der Waals surface area contributed by atoms with Crippen LogP contribution >= 0.6 is 0 Å². The molecule has 2 aromatic heterocycles. The molecule has 3 rings (SSSR count). The Morgan fingerprint density at radius 3 is 2.64 bits per heavy atom. The molecule has 0 amide bonds. The van der Waals surface area contributed by atoms with Gasteiger partial charge >= 0.3 is 0 Å². The normalized spacial score (nSPS) is 15.6. The molecular formula is C22H37N5O. The molecule has 0 atom stereocenters. The van der Waals surface area contributed by atoms with Gasteiger partial charge < -0.3 is 14.6 Å². The maximum absolute atomic E-state index is 5.43. The van der Waals surface area contributed by atoms with E-state index in [1.54, 1.807) is 0 Å². The van der Waals surface area contributed by atoms with E-state index in [9.17, 15) is 0 Å². The number of rotatable bonds is 6. The van der Waals surface area contributed by atoms with Crippen molar-refractivity contribution >= 4 is 16.7 Å². The zero-order valence-corrected chi connectivity index (χ0v) is 17.3. The second kappa shape index (κ2) is 12.3. The predicted molar refractivity (Wildman–Crippen MR) is 120 cm³/mol. The summed E-state index contributed by atoms with van der Waals surface area (Å²) >= 11 is 0. The fourth-order valence-corrected chi connectivity index (χ4v) is 3.11. The number of aliphatic imine (C=N–C) groups is 1. The molecule has 0 aromatic carbocycles. The first kappa shape index (κ1) is 23.9. The molecule has 0 spiro atoms. The number of allylic oxidation sites excluding steroid dienone is 2. The van der Waals surface area contributed by atoms with Gasteiger partial charge in [0, 0.05) is 69.3 Å². The zero-order chi connectivity index (χ0) is 19.6. The van der Waals surface area contributed by atoms with Gasteiger partial charge in [-0.15, -0.1) is 0 Å². The molecule has 2 aromatic rings. The van der Waals surface area contributed by atoms with Crippen LogP contribution in [0.2, 0.25) is 0 Å². The summed E-state index contributed by atoms with van der Waals surface area (Å²) in [7, 11) is 3.76. The highest BCUT2D eigenvalue weighted by molar-refractivity contribution is 6.16. The SMILES string of the molecule is C.CC.CN=C(/C=C(\C)NC)c1cn(CCN2CCOCC2)c2ncccc12. The number of ether oxygens (including phenoxy) is 1. The lowest BCUT2D eigenvalue weighted by Crippen LogP contribution is -2.38. The summed E-state index contributed by atoms with van der Waals surface area (Å²) in [5.74, 6) is 0. The highest BCUT2D eigenvalue weighted by atomic mass is 16.5. The Hall–Kier alpha value is -2.18. The van der Waals surface area contributed by atoms with Gasteiger partial charge in [0.2, 0.25) is 0 Å². The van der Waals surface area contributed by atoms with Crippen molar-refractivity contribution in [1.29, 1.82) is 0 Å². The lowest BCUT2D eigenvalue weighted by atomic mass is 10.1. The number of pyridine rings is 1. The van der Waals surface area contributed by atoms with E-state index in [2.05, 4.69) is 43.1 Å². The van der Waals surface area contributed by atoms with Crippen LogP contribution in [0, 0.1) is 0 Å². The van der Waals surface area contributed by atoms with Gasteiger partial charge in [-0.3, -0.25) is 9.89 Å². The van der Waals surface area contributed by atoms with Crippen LogP contribution in [0.4, 0.5) is 0 Å². The molecule has 6 nitrogen and oxygen atoms in total. The van der Waals surface area contributed by atoms with Gasteiger partial charge in [0.1, 0.15) is 5.65 Å². The van der Waals surface area contributed by atoms with Gasteiger partial charge in [-0.25, -0.2) is 4.98 Å². The summed E-state index contributed by atoms with van der Waals surface area (Å²) in [4.78, 5) is 11.5. The molecule has 0 radical (unpaired) electrons. The Labute approximate surface area is 170 Å². The fraction of sp³-hybridized carbons (Fsp3) is 0.545. The average Bonchev–Trinajstić information content (AvgIpc) is 3.11. The van der Waals surface area contributed by atoms with E-state index in [4.69, 9.17) is 4.74 Å². The number of aromatic nitrogens is 2. The summed E-state index contributed by atoms with van der Waals surface area (Å²) in [6.07, 6.45) is 6.11. The quantitative estimate of drug-likeness (QED) is 0.770. The van der Waals surface area contributed by atoms with Gasteiger partial charge in [-0.1, -0.05) is 21.3 Å². The Morgan fingerprint density at radius 2 is 2.00 bits per heavy atom. The van der Waals surface area contributed by atoms with Crippen LogP contribution in [-0.2, 0) is 11.3 Å². The smallest absolute Gasteiger partial charge is 0.140 e. The van der Waals surface area contributed by atoms with Crippen LogP contribution in [0.3, 0.4) is 0 Å². The minimum Gasteiger partial charge on any atom is -0.392 e. The maximum Gasteiger partial charge on any atom is 0.140 e. The molecule has 0 unspecified atom stereocenters. The summed E-state index contributed by atoms with van der Waals surface area (Å²) in [6, 6.07) is 4.11. The van der Waals surface area contributed by atoms with Crippen LogP contribution < -0.4 is 5.32 Å². The largest absolute Gasteiger partial charge is 0.392 e. The molecule has 6 heteroatoms. The van der Waals surface area contributed by atoms with Crippen LogP contribution in [0.1, 0.15) is 33.8 Å². The Bertz CT molecular complexity index is 772. The van der Waals surface area contributed by atoms with Gasteiger partial charge in [-0.2, -0.15) is 0 Å². The van der Waals surface area contributed by atoms with E-state index in [1.807, 2.05) is 47.1 Å². The van der Waals surface area contributed by atoms with E-state index < -0.39 is 0 Å². The van der Waals surface area contributed by atoms with Crippen LogP contribution in [0.5, 0.6) is 0 Å². The Balaban J connectivity index is 0.00000127. The number of fused-ring (bicyclic) bond motifs is 1. The molecule has 28 heavy (non-hydrogen) atoms. The minimum absolute atomic E-state index is 0. The molecule has 1 saturated heterocycles. The van der Waals surface area contributed by atoms with E-state index in [0.717, 1.165) is 67.4 Å². The minimum atomic E-state index is 0. The lowest BCUT2D eigenvalue weighted by molar-refractivity contribution is 0.0365. The Kier molecular flexibility index (Phi) is 10.5. The number of hydrogen-bond acceptors (Lipinski definition) is 5. The monoisotopic (exact) mass is 387 g/mol. The molecular weight excluding hydrogens is 350 g/mol. The van der Waals surface area contributed by atoms with E-state index in [0.29, 0.717) is 0 Å². The summed E-state index contributed by atoms with van der Waals surface area (Å²) in [5, 5.41) is 4.31. The standard InChI is InChI=1S/C19H27N5O.C2H6.CH4/c1-15(20-2)13-18(21-3)17-14-24(19-16(17)5-4-6-22-19)8-7-23-9-11-25-12-10-23;1-2;/h4-6,13-14,20H,7-12H2,1-3H3;1-2H3;1H4/b15-13+,21-18?;;. The van der Waals surface area contributed by atoms with Gasteiger partial charge in [0.25, 0.3) is 0 Å². The molecule has 156 valence electrons. The van der Waals surface area contributed by atoms with Crippen molar-refractivity contribution in [2.75, 3.05) is 46.9 Å². The molecule has 0 aliphatic carbocycles. The van der Waals surface area contributed by atoms with Crippen LogP contribution in [0.15, 0.2) is 41.3 Å². The molecule has 0 bridgehead atoms. The molecule has 1 aliphatic heterocycles. The lowest BCUT2D eigenvalue weighted by Gasteiger charge is -2.26. The van der Waals surface area contributed by atoms with Crippen molar-refractivity contribution in [3.8, 4) is 0 Å². The van der Waals surface area contributed by atoms with E-state index >= 15 is 0 Å². The van der Waals surface area contributed by atoms with Gasteiger partial charge in [-0.05, 0) is 25.1 Å². The predicted octanol–water partition coefficient (Wildman–Crippen LogP) is 3.57. The Morgan fingerprint density at radius 1 is 1.29 bits per heavy atom. The van der Waals surface area contributed by atoms with E-state index in [-0.39, 0.29) is 7.43 Å². The zero-order valence-electron chi connectivity index (χ0n) is 17.3. The number of nitrogens with zero attached hydrogens (tertiary/aromatic N) is 4.